The van der Waals surface area contributed by atoms with Crippen LogP contribution >= 0.6 is 0 Å². The summed E-state index contributed by atoms with van der Waals surface area (Å²) in [4.78, 5) is 21.4. The number of halogens is 2. The Labute approximate surface area is 171 Å². The van der Waals surface area contributed by atoms with Gasteiger partial charge in [0.05, 0.1) is 35.7 Å². The molecule has 0 saturated heterocycles. The molecule has 1 aromatic carbocycles. The van der Waals surface area contributed by atoms with Crippen molar-refractivity contribution in [2.45, 2.75) is 19.4 Å². The summed E-state index contributed by atoms with van der Waals surface area (Å²) in [6.07, 6.45) is 1.19. The molecule has 0 spiro atoms. The normalized spacial score (nSPS) is 14.8. The van der Waals surface area contributed by atoms with Gasteiger partial charge in [0.25, 0.3) is 5.91 Å². The lowest BCUT2D eigenvalue weighted by molar-refractivity contribution is 0.0965. The molecule has 0 unspecified atom stereocenters. The second-order valence-corrected chi connectivity index (χ2v) is 7.22. The molecule has 2 aromatic heterocycles. The summed E-state index contributed by atoms with van der Waals surface area (Å²) in [5.74, 6) is -0.307. The molecule has 0 fully saturated rings. The molecule has 0 radical (unpaired) electrons. The summed E-state index contributed by atoms with van der Waals surface area (Å²) in [5, 5.41) is 5.97. The van der Waals surface area contributed by atoms with Crippen LogP contribution in [0, 0.1) is 11.6 Å². The molecule has 0 atom stereocenters. The van der Waals surface area contributed by atoms with E-state index in [-0.39, 0.29) is 23.7 Å². The largest absolute Gasteiger partial charge is 0.490 e. The first-order valence-electron chi connectivity index (χ1n) is 9.72. The second-order valence-electron chi connectivity index (χ2n) is 7.22. The number of fused-ring (bicyclic) bond motifs is 2. The number of carbonyl (C=O) groups excluding carboxylic acids is 1. The molecule has 30 heavy (non-hydrogen) atoms. The van der Waals surface area contributed by atoms with Gasteiger partial charge in [0.1, 0.15) is 11.6 Å². The minimum absolute atomic E-state index is 0.159. The fourth-order valence-electron chi connectivity index (χ4n) is 3.81. The van der Waals surface area contributed by atoms with Crippen molar-refractivity contribution >= 4 is 11.7 Å². The van der Waals surface area contributed by atoms with Crippen LogP contribution in [-0.4, -0.2) is 29.0 Å². The van der Waals surface area contributed by atoms with Crippen LogP contribution in [0.2, 0.25) is 0 Å². The molecule has 1 amide bonds. The molecule has 0 saturated carbocycles. The van der Waals surface area contributed by atoms with E-state index in [0.717, 1.165) is 13.0 Å². The lowest BCUT2D eigenvalue weighted by Gasteiger charge is -2.12. The third-order valence-electron chi connectivity index (χ3n) is 5.20. The Morgan fingerprint density at radius 3 is 2.70 bits per heavy atom. The van der Waals surface area contributed by atoms with E-state index < -0.39 is 11.6 Å². The van der Waals surface area contributed by atoms with E-state index in [1.165, 1.54) is 18.2 Å². The van der Waals surface area contributed by atoms with Gasteiger partial charge in [-0.1, -0.05) is 6.07 Å². The van der Waals surface area contributed by atoms with Crippen LogP contribution in [0.25, 0.3) is 11.3 Å². The van der Waals surface area contributed by atoms with Crippen LogP contribution < -0.4 is 15.4 Å². The summed E-state index contributed by atoms with van der Waals surface area (Å²) < 4.78 is 34.4. The highest BCUT2D eigenvalue weighted by molar-refractivity contribution is 5.99. The van der Waals surface area contributed by atoms with E-state index in [1.54, 1.807) is 6.07 Å². The first-order chi connectivity index (χ1) is 14.6. The zero-order valence-electron chi connectivity index (χ0n) is 16.0. The smallest absolute Gasteiger partial charge is 0.253 e. The van der Waals surface area contributed by atoms with Crippen LogP contribution in [0.3, 0.4) is 0 Å². The Morgan fingerprint density at radius 1 is 1.03 bits per heavy atom. The molecule has 3 aromatic rings. The van der Waals surface area contributed by atoms with Gasteiger partial charge in [-0.3, -0.25) is 4.79 Å². The molecular weight excluding hydrogens is 390 g/mol. The molecule has 5 rings (SSSR count). The number of hydrogen-bond acceptors (Lipinski definition) is 5. The van der Waals surface area contributed by atoms with Gasteiger partial charge in [0.15, 0.2) is 11.6 Å². The lowest BCUT2D eigenvalue weighted by atomic mass is 9.98. The number of aromatic nitrogens is 2. The van der Waals surface area contributed by atoms with E-state index in [4.69, 9.17) is 4.74 Å². The average Bonchev–Trinajstić information content (AvgIpc) is 2.95. The van der Waals surface area contributed by atoms with Crippen LogP contribution in [0.4, 0.5) is 14.6 Å². The molecule has 2 aliphatic rings. The van der Waals surface area contributed by atoms with Crippen LogP contribution in [-0.2, 0) is 13.0 Å². The van der Waals surface area contributed by atoms with E-state index >= 15 is 0 Å². The Bertz CT molecular complexity index is 1150. The van der Waals surface area contributed by atoms with E-state index in [9.17, 15) is 13.6 Å². The number of benzene rings is 1. The summed E-state index contributed by atoms with van der Waals surface area (Å²) in [6, 6.07) is 8.93. The van der Waals surface area contributed by atoms with Crippen LogP contribution in [0.15, 0.2) is 36.4 Å². The molecule has 152 valence electrons. The predicted molar refractivity (Wildman–Crippen MR) is 106 cm³/mol. The average molecular weight is 408 g/mol. The molecule has 2 aliphatic heterocycles. The maximum atomic E-state index is 14.4. The van der Waals surface area contributed by atoms with Gasteiger partial charge in [-0.15, -0.1) is 0 Å². The fourth-order valence-corrected chi connectivity index (χ4v) is 3.81. The number of ether oxygens (including phenoxy) is 1. The van der Waals surface area contributed by atoms with Crippen molar-refractivity contribution in [3.8, 4) is 17.0 Å². The van der Waals surface area contributed by atoms with Gasteiger partial charge in [0, 0.05) is 18.7 Å². The van der Waals surface area contributed by atoms with Crippen molar-refractivity contribution < 1.29 is 18.3 Å². The monoisotopic (exact) mass is 408 g/mol. The molecule has 0 bridgehead atoms. The maximum absolute atomic E-state index is 14.4. The Morgan fingerprint density at radius 2 is 1.87 bits per heavy atom. The van der Waals surface area contributed by atoms with E-state index in [1.807, 2.05) is 12.1 Å². The highest BCUT2D eigenvalue weighted by Gasteiger charge is 2.27. The summed E-state index contributed by atoms with van der Waals surface area (Å²) in [5.41, 5.74) is 2.20. The summed E-state index contributed by atoms with van der Waals surface area (Å²) in [6.45, 7) is 1.60. The Balaban J connectivity index is 1.59. The number of carbonyl (C=O) groups is 1. The quantitative estimate of drug-likeness (QED) is 0.694. The van der Waals surface area contributed by atoms with Crippen molar-refractivity contribution in [3.63, 3.8) is 0 Å². The van der Waals surface area contributed by atoms with Crippen molar-refractivity contribution in [1.82, 2.24) is 15.3 Å². The lowest BCUT2D eigenvalue weighted by Crippen LogP contribution is -2.14. The Kier molecular flexibility index (Phi) is 4.54. The minimum atomic E-state index is -0.699. The fraction of sp³-hybridized carbons (Fsp3) is 0.227. The predicted octanol–water partition coefficient (Wildman–Crippen LogP) is 3.45. The third-order valence-corrected chi connectivity index (χ3v) is 5.20. The summed E-state index contributed by atoms with van der Waals surface area (Å²) >= 11 is 0. The van der Waals surface area contributed by atoms with Gasteiger partial charge >= 0.3 is 0 Å². The molecule has 6 nitrogen and oxygen atoms in total. The number of amides is 1. The van der Waals surface area contributed by atoms with Crippen LogP contribution in [0.1, 0.15) is 33.7 Å². The Hall–Kier alpha value is -3.55. The maximum Gasteiger partial charge on any atom is 0.253 e. The van der Waals surface area contributed by atoms with Crippen molar-refractivity contribution in [1.29, 1.82) is 0 Å². The number of nitrogens with zero attached hydrogens (tertiary/aromatic N) is 2. The number of hydrogen-bond donors (Lipinski definition) is 2. The SMILES string of the molecule is O=C1NCc2nc(-c3c(F)cccc3F)cc(Cc3ccc4c(n3)NCCCO4)c21. The zero-order chi connectivity index (χ0) is 20.7. The number of nitrogens with one attached hydrogen (secondary N) is 2. The summed E-state index contributed by atoms with van der Waals surface area (Å²) in [7, 11) is 0. The highest BCUT2D eigenvalue weighted by Crippen LogP contribution is 2.31. The highest BCUT2D eigenvalue weighted by atomic mass is 19.1. The van der Waals surface area contributed by atoms with Crippen molar-refractivity contribution in [2.75, 3.05) is 18.5 Å². The van der Waals surface area contributed by atoms with Crippen LogP contribution in [0.5, 0.6) is 5.75 Å². The molecular formula is C22H18F2N4O2. The van der Waals surface area contributed by atoms with Gasteiger partial charge in [-0.25, -0.2) is 18.7 Å². The number of pyridine rings is 2. The molecule has 0 aliphatic carbocycles. The minimum Gasteiger partial charge on any atom is -0.490 e. The van der Waals surface area contributed by atoms with Crippen molar-refractivity contribution in [2.24, 2.45) is 0 Å². The van der Waals surface area contributed by atoms with Gasteiger partial charge in [-0.05, 0) is 42.3 Å². The number of rotatable bonds is 3. The van der Waals surface area contributed by atoms with Gasteiger partial charge < -0.3 is 15.4 Å². The van der Waals surface area contributed by atoms with Gasteiger partial charge in [-0.2, -0.15) is 0 Å². The standard InChI is InChI=1S/C22H18F2N4O2/c23-14-3-1-4-15(24)20(14)16-10-12(19-17(28-16)11-26-22(19)29)9-13-5-6-18-21(27-13)25-7-2-8-30-18/h1,3-6,10H,2,7-9,11H2,(H,25,27)(H,26,29). The molecule has 2 N–H and O–H groups in total. The molecule has 4 heterocycles. The van der Waals surface area contributed by atoms with Gasteiger partial charge in [0.2, 0.25) is 0 Å². The molecule has 8 heteroatoms. The second kappa shape index (κ2) is 7.37. The number of anilines is 1. The topological polar surface area (TPSA) is 76.1 Å². The first-order valence-corrected chi connectivity index (χ1v) is 9.72. The third kappa shape index (κ3) is 3.24. The zero-order valence-corrected chi connectivity index (χ0v) is 16.0. The first kappa shape index (κ1) is 18.5. The van der Waals surface area contributed by atoms with Crippen molar-refractivity contribution in [3.05, 3.63) is 70.5 Å². The van der Waals surface area contributed by atoms with E-state index in [2.05, 4.69) is 20.6 Å². The van der Waals surface area contributed by atoms with E-state index in [0.29, 0.717) is 47.1 Å².